The van der Waals surface area contributed by atoms with E-state index in [1.165, 1.54) is 0 Å². The standard InChI is InChI=1S/C9H10ClN3O/c1-12-4-5-13(9(12)14)7-2-3-8(10)11-6-7/h2-3,6H,4-5H2,1H3. The Morgan fingerprint density at radius 2 is 2.21 bits per heavy atom. The molecule has 1 aromatic heterocycles. The zero-order chi connectivity index (χ0) is 10.1. The van der Waals surface area contributed by atoms with E-state index in [0.717, 1.165) is 12.2 Å². The first-order chi connectivity index (χ1) is 6.68. The molecule has 14 heavy (non-hydrogen) atoms. The van der Waals surface area contributed by atoms with Gasteiger partial charge in [0.25, 0.3) is 0 Å². The molecule has 0 saturated carbocycles. The number of carbonyl (C=O) groups excluding carboxylic acids is 1. The second-order valence-corrected chi connectivity index (χ2v) is 3.58. The third-order valence-electron chi connectivity index (χ3n) is 2.24. The highest BCUT2D eigenvalue weighted by molar-refractivity contribution is 6.29. The maximum absolute atomic E-state index is 11.6. The van der Waals surface area contributed by atoms with Crippen LogP contribution in [0.2, 0.25) is 5.15 Å². The molecule has 0 aromatic carbocycles. The highest BCUT2D eigenvalue weighted by Gasteiger charge is 2.26. The molecule has 74 valence electrons. The molecule has 2 heterocycles. The van der Waals surface area contributed by atoms with Gasteiger partial charge in [-0.05, 0) is 12.1 Å². The fourth-order valence-corrected chi connectivity index (χ4v) is 1.53. The van der Waals surface area contributed by atoms with Gasteiger partial charge in [0.15, 0.2) is 0 Å². The summed E-state index contributed by atoms with van der Waals surface area (Å²) in [5, 5.41) is 0.439. The van der Waals surface area contributed by atoms with Crippen LogP contribution in [-0.4, -0.2) is 36.1 Å². The first kappa shape index (κ1) is 9.27. The summed E-state index contributed by atoms with van der Waals surface area (Å²) in [5.74, 6) is 0. The quantitative estimate of drug-likeness (QED) is 0.662. The summed E-state index contributed by atoms with van der Waals surface area (Å²) in [6.07, 6.45) is 1.61. The molecule has 0 radical (unpaired) electrons. The number of anilines is 1. The van der Waals surface area contributed by atoms with Crippen molar-refractivity contribution in [2.24, 2.45) is 0 Å². The minimum atomic E-state index is 0.00845. The summed E-state index contributed by atoms with van der Waals surface area (Å²) in [4.78, 5) is 18.9. The molecule has 2 rings (SSSR count). The molecule has 2 amide bonds. The number of aromatic nitrogens is 1. The number of likely N-dealkylation sites (N-methyl/N-ethyl adjacent to an activating group) is 1. The molecule has 0 spiro atoms. The van der Waals surface area contributed by atoms with E-state index in [-0.39, 0.29) is 6.03 Å². The molecule has 4 nitrogen and oxygen atoms in total. The Morgan fingerprint density at radius 1 is 1.43 bits per heavy atom. The molecule has 1 saturated heterocycles. The summed E-state index contributed by atoms with van der Waals surface area (Å²) in [6, 6.07) is 3.49. The maximum atomic E-state index is 11.6. The summed E-state index contributed by atoms with van der Waals surface area (Å²) in [5.41, 5.74) is 0.795. The number of hydrogen-bond acceptors (Lipinski definition) is 2. The summed E-state index contributed by atoms with van der Waals surface area (Å²) in [6.45, 7) is 1.46. The predicted octanol–water partition coefficient (Wildman–Crippen LogP) is 1.61. The predicted molar refractivity (Wildman–Crippen MR) is 54.6 cm³/mol. The van der Waals surface area contributed by atoms with Gasteiger partial charge < -0.3 is 4.90 Å². The van der Waals surface area contributed by atoms with E-state index in [0.29, 0.717) is 11.7 Å². The van der Waals surface area contributed by atoms with Crippen LogP contribution in [0.1, 0.15) is 0 Å². The van der Waals surface area contributed by atoms with Crippen molar-refractivity contribution in [1.29, 1.82) is 0 Å². The van der Waals surface area contributed by atoms with Crippen LogP contribution in [0.25, 0.3) is 0 Å². The summed E-state index contributed by atoms with van der Waals surface area (Å²) >= 11 is 5.66. The Hall–Kier alpha value is -1.29. The number of carbonyl (C=O) groups is 1. The largest absolute Gasteiger partial charge is 0.326 e. The molecule has 0 N–H and O–H groups in total. The highest BCUT2D eigenvalue weighted by Crippen LogP contribution is 2.19. The van der Waals surface area contributed by atoms with Gasteiger partial charge in [-0.25, -0.2) is 9.78 Å². The van der Waals surface area contributed by atoms with Gasteiger partial charge in [0.2, 0.25) is 0 Å². The molecule has 1 aromatic rings. The Balaban J connectivity index is 2.24. The van der Waals surface area contributed by atoms with Gasteiger partial charge in [-0.3, -0.25) is 4.90 Å². The van der Waals surface area contributed by atoms with Crippen molar-refractivity contribution in [2.45, 2.75) is 0 Å². The zero-order valence-corrected chi connectivity index (χ0v) is 8.53. The first-order valence-corrected chi connectivity index (χ1v) is 4.70. The smallest absolute Gasteiger partial charge is 0.324 e. The average Bonchev–Trinajstić information content (AvgIpc) is 2.50. The van der Waals surface area contributed by atoms with Crippen LogP contribution in [0.15, 0.2) is 18.3 Å². The van der Waals surface area contributed by atoms with Crippen molar-refractivity contribution in [1.82, 2.24) is 9.88 Å². The lowest BCUT2D eigenvalue weighted by Crippen LogP contribution is -2.29. The Morgan fingerprint density at radius 3 is 2.71 bits per heavy atom. The lowest BCUT2D eigenvalue weighted by atomic mass is 10.4. The van der Waals surface area contributed by atoms with Crippen LogP contribution in [0, 0.1) is 0 Å². The SMILES string of the molecule is CN1CCN(c2ccc(Cl)nc2)C1=O. The molecule has 5 heteroatoms. The lowest BCUT2D eigenvalue weighted by molar-refractivity contribution is 0.229. The normalized spacial score (nSPS) is 16.6. The van der Waals surface area contributed by atoms with Crippen LogP contribution >= 0.6 is 11.6 Å². The zero-order valence-electron chi connectivity index (χ0n) is 7.77. The number of pyridine rings is 1. The second-order valence-electron chi connectivity index (χ2n) is 3.19. The molecule has 0 atom stereocenters. The van der Waals surface area contributed by atoms with E-state index in [9.17, 15) is 4.79 Å². The van der Waals surface area contributed by atoms with Crippen molar-refractivity contribution in [3.8, 4) is 0 Å². The fraction of sp³-hybridized carbons (Fsp3) is 0.333. The molecule has 1 aliphatic heterocycles. The van der Waals surface area contributed by atoms with Crippen LogP contribution in [-0.2, 0) is 0 Å². The van der Waals surface area contributed by atoms with Crippen LogP contribution in [0.5, 0.6) is 0 Å². The summed E-state index contributed by atoms with van der Waals surface area (Å²) in [7, 11) is 1.78. The molecular weight excluding hydrogens is 202 g/mol. The van der Waals surface area contributed by atoms with E-state index in [2.05, 4.69) is 4.98 Å². The monoisotopic (exact) mass is 211 g/mol. The number of halogens is 1. The van der Waals surface area contributed by atoms with Gasteiger partial charge in [0.1, 0.15) is 5.15 Å². The van der Waals surface area contributed by atoms with Gasteiger partial charge in [-0.2, -0.15) is 0 Å². The van der Waals surface area contributed by atoms with Crippen molar-refractivity contribution in [3.63, 3.8) is 0 Å². The van der Waals surface area contributed by atoms with Gasteiger partial charge in [0.05, 0.1) is 11.9 Å². The van der Waals surface area contributed by atoms with Crippen molar-refractivity contribution in [3.05, 3.63) is 23.5 Å². The fourth-order valence-electron chi connectivity index (χ4n) is 1.41. The maximum Gasteiger partial charge on any atom is 0.324 e. The van der Waals surface area contributed by atoms with Crippen molar-refractivity contribution >= 4 is 23.3 Å². The molecule has 0 aliphatic carbocycles. The number of amides is 2. The Bertz CT molecular complexity index is 352. The van der Waals surface area contributed by atoms with Crippen molar-refractivity contribution in [2.75, 3.05) is 25.0 Å². The van der Waals surface area contributed by atoms with E-state index in [4.69, 9.17) is 11.6 Å². The molecular formula is C9H10ClN3O. The topological polar surface area (TPSA) is 36.4 Å². The Kier molecular flexibility index (Phi) is 2.29. The molecule has 0 bridgehead atoms. The van der Waals surface area contributed by atoms with Crippen LogP contribution in [0.4, 0.5) is 10.5 Å². The first-order valence-electron chi connectivity index (χ1n) is 4.32. The lowest BCUT2D eigenvalue weighted by Gasteiger charge is -2.15. The molecule has 0 unspecified atom stereocenters. The molecule has 1 aliphatic rings. The number of nitrogens with zero attached hydrogens (tertiary/aromatic N) is 3. The van der Waals surface area contributed by atoms with E-state index >= 15 is 0 Å². The van der Waals surface area contributed by atoms with E-state index in [1.54, 1.807) is 35.2 Å². The average molecular weight is 212 g/mol. The van der Waals surface area contributed by atoms with Gasteiger partial charge >= 0.3 is 6.03 Å². The molecule has 1 fully saturated rings. The van der Waals surface area contributed by atoms with Gasteiger partial charge in [-0.1, -0.05) is 11.6 Å². The minimum absolute atomic E-state index is 0.00845. The highest BCUT2D eigenvalue weighted by atomic mass is 35.5. The van der Waals surface area contributed by atoms with Crippen LogP contribution in [0.3, 0.4) is 0 Å². The van der Waals surface area contributed by atoms with Crippen molar-refractivity contribution < 1.29 is 4.79 Å². The number of urea groups is 1. The van der Waals surface area contributed by atoms with E-state index in [1.807, 2.05) is 0 Å². The summed E-state index contributed by atoms with van der Waals surface area (Å²) < 4.78 is 0. The van der Waals surface area contributed by atoms with Gasteiger partial charge in [-0.15, -0.1) is 0 Å². The van der Waals surface area contributed by atoms with Gasteiger partial charge in [0, 0.05) is 20.1 Å². The second kappa shape index (κ2) is 3.46. The number of hydrogen-bond donors (Lipinski definition) is 0. The van der Waals surface area contributed by atoms with Crippen LogP contribution < -0.4 is 4.90 Å². The third-order valence-corrected chi connectivity index (χ3v) is 2.46. The Labute approximate surface area is 87.1 Å². The third kappa shape index (κ3) is 1.53. The van der Waals surface area contributed by atoms with E-state index < -0.39 is 0 Å². The number of rotatable bonds is 1. The minimum Gasteiger partial charge on any atom is -0.326 e.